The summed E-state index contributed by atoms with van der Waals surface area (Å²) in [5, 5.41) is 0. The van der Waals surface area contributed by atoms with Gasteiger partial charge in [-0.1, -0.05) is 34.8 Å². The van der Waals surface area contributed by atoms with Crippen molar-refractivity contribution in [2.45, 2.75) is 12.8 Å². The molecule has 1 saturated carbocycles. The number of alkyl halides is 1. The number of hydrogen-bond donors (Lipinski definition) is 1. The zero-order valence-electron chi connectivity index (χ0n) is 6.79. The van der Waals surface area contributed by atoms with Crippen LogP contribution in [0, 0.1) is 10.4 Å². The van der Waals surface area contributed by atoms with Gasteiger partial charge >= 0.3 is 0 Å². The van der Waals surface area contributed by atoms with Crippen molar-refractivity contribution in [1.82, 2.24) is 4.98 Å². The van der Waals surface area contributed by atoms with Gasteiger partial charge in [0.2, 0.25) is 0 Å². The maximum Gasteiger partial charge on any atom is 0.0406 e. The normalized spacial score (nSPS) is 14.8. The van der Waals surface area contributed by atoms with E-state index in [-0.39, 0.29) is 0 Å². The van der Waals surface area contributed by atoms with E-state index in [1.165, 1.54) is 17.3 Å². The number of hydrogen-bond acceptors (Lipinski definition) is 1. The highest BCUT2D eigenvalue weighted by Crippen LogP contribution is 2.30. The lowest BCUT2D eigenvalue weighted by Crippen LogP contribution is -1.66. The molecule has 1 N–H and O–H groups in total. The summed E-state index contributed by atoms with van der Waals surface area (Å²) in [6.45, 7) is 0. The molecule has 12 heavy (non-hydrogen) atoms. The van der Waals surface area contributed by atoms with Gasteiger partial charge in [0.25, 0.3) is 0 Å². The molecule has 0 aromatic carbocycles. The maximum atomic E-state index is 4.79. The minimum absolute atomic E-state index is 0.874. The summed E-state index contributed by atoms with van der Waals surface area (Å²) in [5.74, 6) is 1.12. The molecule has 1 aliphatic rings. The van der Waals surface area contributed by atoms with Gasteiger partial charge in [-0.05, 0) is 30.9 Å². The summed E-state index contributed by atoms with van der Waals surface area (Å²) in [6.07, 6.45) is 6.62. The molecule has 0 bridgehead atoms. The molecule has 0 aliphatic heterocycles. The second kappa shape index (κ2) is 5.70. The van der Waals surface area contributed by atoms with E-state index in [2.05, 4.69) is 27.6 Å². The van der Waals surface area contributed by atoms with E-state index in [0.717, 1.165) is 10.4 Å². The van der Waals surface area contributed by atoms with Gasteiger partial charge in [0.1, 0.15) is 0 Å². The number of H-pyrrole nitrogens is 1. The highest BCUT2D eigenvalue weighted by atomic mass is 127. The Kier molecular flexibility index (Phi) is 4.83. The van der Waals surface area contributed by atoms with E-state index < -0.39 is 0 Å². The first kappa shape index (κ1) is 10.2. The monoisotopic (exact) mass is 293 g/mol. The van der Waals surface area contributed by atoms with Crippen molar-refractivity contribution in [3.8, 4) is 0 Å². The summed E-state index contributed by atoms with van der Waals surface area (Å²) < 4.78 is 2.26. The molecule has 1 nitrogen and oxygen atoms in total. The number of aromatic amines is 1. The molecule has 1 heterocycles. The first-order valence-corrected chi connectivity index (χ1v) is 5.95. The number of halogens is 1. The standard InChI is InChI=1S/C5H5NS.C4H7I/c7-5-1-3-6-4-2-5;5-3-4-1-2-4/h1-4H,(H,6,7);4H,1-3H2. The lowest BCUT2D eigenvalue weighted by atomic mass is 10.5. The van der Waals surface area contributed by atoms with Crippen LogP contribution in [0.3, 0.4) is 0 Å². The summed E-state index contributed by atoms with van der Waals surface area (Å²) in [5.41, 5.74) is 0. The van der Waals surface area contributed by atoms with Crippen molar-refractivity contribution in [3.63, 3.8) is 0 Å². The first-order valence-electron chi connectivity index (χ1n) is 4.02. The van der Waals surface area contributed by atoms with Crippen LogP contribution >= 0.6 is 34.8 Å². The van der Waals surface area contributed by atoms with Crippen LogP contribution in [-0.4, -0.2) is 9.41 Å². The van der Waals surface area contributed by atoms with Crippen LogP contribution in [0.1, 0.15) is 12.8 Å². The lowest BCUT2D eigenvalue weighted by Gasteiger charge is -1.75. The van der Waals surface area contributed by atoms with Crippen molar-refractivity contribution in [1.29, 1.82) is 0 Å². The van der Waals surface area contributed by atoms with Crippen molar-refractivity contribution in [2.75, 3.05) is 4.43 Å². The number of nitrogens with one attached hydrogen (secondary N) is 1. The Hall–Kier alpha value is 0.1000. The van der Waals surface area contributed by atoms with Gasteiger partial charge in [0.15, 0.2) is 0 Å². The third-order valence-electron chi connectivity index (χ3n) is 1.60. The summed E-state index contributed by atoms with van der Waals surface area (Å²) >= 11 is 7.23. The van der Waals surface area contributed by atoms with Crippen LogP contribution in [-0.2, 0) is 0 Å². The second-order valence-electron chi connectivity index (χ2n) is 2.83. The van der Waals surface area contributed by atoms with Gasteiger partial charge in [0.05, 0.1) is 0 Å². The fourth-order valence-corrected chi connectivity index (χ4v) is 1.66. The number of pyridine rings is 1. The molecule has 1 aromatic heterocycles. The number of rotatable bonds is 1. The molecule has 0 radical (unpaired) electrons. The molecule has 0 unspecified atom stereocenters. The van der Waals surface area contributed by atoms with Gasteiger partial charge in [-0.25, -0.2) is 0 Å². The largest absolute Gasteiger partial charge is 0.368 e. The topological polar surface area (TPSA) is 15.8 Å². The lowest BCUT2D eigenvalue weighted by molar-refractivity contribution is 1.02. The van der Waals surface area contributed by atoms with Crippen LogP contribution < -0.4 is 0 Å². The van der Waals surface area contributed by atoms with E-state index in [9.17, 15) is 0 Å². The predicted molar refractivity (Wildman–Crippen MR) is 63.2 cm³/mol. The third-order valence-corrected chi connectivity index (χ3v) is 3.12. The Morgan fingerprint density at radius 1 is 1.42 bits per heavy atom. The quantitative estimate of drug-likeness (QED) is 0.475. The molecular formula is C9H12INS. The van der Waals surface area contributed by atoms with E-state index in [0.29, 0.717) is 0 Å². The second-order valence-corrected chi connectivity index (χ2v) is 4.19. The van der Waals surface area contributed by atoms with Crippen molar-refractivity contribution >= 4 is 34.8 Å². The van der Waals surface area contributed by atoms with Crippen LogP contribution in [0.2, 0.25) is 0 Å². The molecule has 0 spiro atoms. The van der Waals surface area contributed by atoms with Gasteiger partial charge in [-0.3, -0.25) is 0 Å². The van der Waals surface area contributed by atoms with Crippen molar-refractivity contribution in [3.05, 3.63) is 29.0 Å². The van der Waals surface area contributed by atoms with E-state index in [4.69, 9.17) is 12.2 Å². The average molecular weight is 293 g/mol. The first-order chi connectivity index (χ1) is 5.83. The summed E-state index contributed by atoms with van der Waals surface area (Å²) in [7, 11) is 0. The fraction of sp³-hybridized carbons (Fsp3) is 0.444. The van der Waals surface area contributed by atoms with Crippen molar-refractivity contribution in [2.24, 2.45) is 5.92 Å². The molecular weight excluding hydrogens is 281 g/mol. The molecule has 0 atom stereocenters. The molecule has 1 fully saturated rings. The summed E-state index contributed by atoms with van der Waals surface area (Å²) in [6, 6.07) is 3.69. The predicted octanol–water partition coefficient (Wildman–Crippen LogP) is 3.58. The van der Waals surface area contributed by atoms with Gasteiger partial charge < -0.3 is 4.98 Å². The van der Waals surface area contributed by atoms with Crippen LogP contribution in [0.5, 0.6) is 0 Å². The van der Waals surface area contributed by atoms with E-state index >= 15 is 0 Å². The fourth-order valence-electron chi connectivity index (χ4n) is 0.644. The zero-order chi connectivity index (χ0) is 8.81. The smallest absolute Gasteiger partial charge is 0.0406 e. The van der Waals surface area contributed by atoms with Crippen LogP contribution in [0.25, 0.3) is 0 Å². The van der Waals surface area contributed by atoms with Crippen LogP contribution in [0.15, 0.2) is 24.5 Å². The molecule has 2 rings (SSSR count). The highest BCUT2D eigenvalue weighted by molar-refractivity contribution is 14.1. The van der Waals surface area contributed by atoms with Crippen molar-refractivity contribution < 1.29 is 0 Å². The van der Waals surface area contributed by atoms with E-state index in [1.54, 1.807) is 0 Å². The zero-order valence-corrected chi connectivity index (χ0v) is 9.77. The van der Waals surface area contributed by atoms with Gasteiger partial charge in [-0.2, -0.15) is 0 Å². The summed E-state index contributed by atoms with van der Waals surface area (Å²) in [4.78, 5) is 2.87. The molecule has 66 valence electrons. The molecule has 1 aliphatic carbocycles. The Balaban J connectivity index is 0.000000127. The molecule has 0 saturated heterocycles. The molecule has 3 heteroatoms. The Labute approximate surface area is 91.7 Å². The SMILES string of the molecule is ICC1CC1.S=c1cc[nH]cc1. The minimum atomic E-state index is 0.874. The third kappa shape index (κ3) is 4.87. The maximum absolute atomic E-state index is 4.79. The van der Waals surface area contributed by atoms with Crippen LogP contribution in [0.4, 0.5) is 0 Å². The molecule has 1 aromatic rings. The Bertz CT molecular complexity index is 250. The Morgan fingerprint density at radius 2 is 2.00 bits per heavy atom. The van der Waals surface area contributed by atoms with Gasteiger partial charge in [-0.15, -0.1) is 0 Å². The number of aromatic nitrogens is 1. The Morgan fingerprint density at radius 3 is 2.17 bits per heavy atom. The average Bonchev–Trinajstić information content (AvgIpc) is 2.89. The van der Waals surface area contributed by atoms with E-state index in [1.807, 2.05) is 24.5 Å². The molecule has 0 amide bonds. The highest BCUT2D eigenvalue weighted by Gasteiger charge is 2.18. The van der Waals surface area contributed by atoms with Gasteiger partial charge in [0, 0.05) is 21.3 Å². The minimum Gasteiger partial charge on any atom is -0.368 e.